The molecule has 1 aliphatic heterocycles. The average Bonchev–Trinajstić information content (AvgIpc) is 3.25. The average molecular weight is 496 g/mol. The highest BCUT2D eigenvalue weighted by Crippen LogP contribution is 2.23. The van der Waals surface area contributed by atoms with E-state index in [-0.39, 0.29) is 24.6 Å². The number of amides is 2. The maximum absolute atomic E-state index is 12.4. The van der Waals surface area contributed by atoms with Crippen LogP contribution in [0.3, 0.4) is 0 Å². The van der Waals surface area contributed by atoms with E-state index in [1.165, 1.54) is 31.2 Å². The number of nitrogens with one attached hydrogen (secondary N) is 1. The predicted octanol–water partition coefficient (Wildman–Crippen LogP) is 2.04. The van der Waals surface area contributed by atoms with Crippen molar-refractivity contribution in [2.75, 3.05) is 53.6 Å². The van der Waals surface area contributed by atoms with Gasteiger partial charge in [0, 0.05) is 49.2 Å². The predicted molar refractivity (Wildman–Crippen MR) is 124 cm³/mol. The van der Waals surface area contributed by atoms with Gasteiger partial charge in [0.1, 0.15) is 18.0 Å². The fourth-order valence-electron chi connectivity index (χ4n) is 3.29. The lowest BCUT2D eigenvalue weighted by molar-refractivity contribution is -0.151. The largest absolute Gasteiger partial charge is 0.497 e. The summed E-state index contributed by atoms with van der Waals surface area (Å²) in [6.07, 6.45) is 0. The molecule has 0 unspecified atom stereocenters. The number of benzene rings is 1. The molecule has 2 heterocycles. The topological polar surface area (TPSA) is 97.4 Å². The van der Waals surface area contributed by atoms with E-state index in [9.17, 15) is 14.4 Å². The van der Waals surface area contributed by atoms with Crippen molar-refractivity contribution in [3.05, 3.63) is 45.1 Å². The minimum absolute atomic E-state index is 0.258. The maximum atomic E-state index is 12.4. The number of piperazine rings is 1. The van der Waals surface area contributed by atoms with Crippen LogP contribution in [-0.4, -0.2) is 81.1 Å². The number of ether oxygens (including phenoxy) is 3. The van der Waals surface area contributed by atoms with Crippen LogP contribution in [0.15, 0.2) is 30.3 Å². The summed E-state index contributed by atoms with van der Waals surface area (Å²) < 4.78 is 16.1. The molecule has 0 bridgehead atoms. The third kappa shape index (κ3) is 7.34. The normalized spacial score (nSPS) is 14.0. The Morgan fingerprint density at radius 3 is 2.27 bits per heavy atom. The molecular weight excluding hydrogens is 470 g/mol. The minimum atomic E-state index is -0.695. The van der Waals surface area contributed by atoms with E-state index in [2.05, 4.69) is 10.2 Å². The van der Waals surface area contributed by atoms with Crippen molar-refractivity contribution < 1.29 is 28.6 Å². The molecule has 0 saturated carbocycles. The first kappa shape index (κ1) is 24.8. The highest BCUT2D eigenvalue weighted by Gasteiger charge is 2.22. The second-order valence-corrected chi connectivity index (χ2v) is 9.11. The number of nitrogens with zero attached hydrogens (tertiary/aromatic N) is 2. The molecule has 0 spiro atoms. The van der Waals surface area contributed by atoms with Crippen molar-refractivity contribution >= 4 is 40.7 Å². The Kier molecular flexibility index (Phi) is 8.93. The minimum Gasteiger partial charge on any atom is -0.497 e. The van der Waals surface area contributed by atoms with Crippen molar-refractivity contribution in [2.45, 2.75) is 6.54 Å². The molecule has 11 heteroatoms. The number of esters is 1. The lowest BCUT2D eigenvalue weighted by Crippen LogP contribution is -2.49. The van der Waals surface area contributed by atoms with Crippen LogP contribution >= 0.6 is 22.9 Å². The molecule has 1 N–H and O–H groups in total. The summed E-state index contributed by atoms with van der Waals surface area (Å²) in [6, 6.07) is 8.58. The Morgan fingerprint density at radius 2 is 1.70 bits per heavy atom. The fraction of sp³-hybridized carbons (Fsp3) is 0.409. The van der Waals surface area contributed by atoms with E-state index in [0.29, 0.717) is 24.6 Å². The van der Waals surface area contributed by atoms with E-state index in [1.807, 2.05) is 12.1 Å². The van der Waals surface area contributed by atoms with Crippen LogP contribution < -0.4 is 14.8 Å². The van der Waals surface area contributed by atoms with Crippen LogP contribution in [0.1, 0.15) is 15.2 Å². The quantitative estimate of drug-likeness (QED) is 0.531. The first-order valence-electron chi connectivity index (χ1n) is 10.3. The van der Waals surface area contributed by atoms with Gasteiger partial charge in [-0.3, -0.25) is 19.3 Å². The number of rotatable bonds is 9. The highest BCUT2D eigenvalue weighted by atomic mass is 35.5. The molecule has 0 atom stereocenters. The van der Waals surface area contributed by atoms with Gasteiger partial charge in [-0.05, 0) is 24.3 Å². The molecular formula is C22H26ClN3O6S. The summed E-state index contributed by atoms with van der Waals surface area (Å²) in [6.45, 7) is 2.66. The maximum Gasteiger partial charge on any atom is 0.325 e. The molecule has 33 heavy (non-hydrogen) atoms. The van der Waals surface area contributed by atoms with Crippen molar-refractivity contribution in [1.82, 2.24) is 15.1 Å². The van der Waals surface area contributed by atoms with E-state index < -0.39 is 11.9 Å². The summed E-state index contributed by atoms with van der Waals surface area (Å²) in [7, 11) is 2.95. The van der Waals surface area contributed by atoms with Gasteiger partial charge >= 0.3 is 5.97 Å². The number of halogens is 1. The Hall–Kier alpha value is -2.82. The molecule has 1 saturated heterocycles. The zero-order valence-electron chi connectivity index (χ0n) is 18.5. The monoisotopic (exact) mass is 495 g/mol. The zero-order chi connectivity index (χ0) is 23.8. The van der Waals surface area contributed by atoms with Gasteiger partial charge in [-0.2, -0.15) is 0 Å². The molecule has 2 aromatic rings. The third-order valence-electron chi connectivity index (χ3n) is 5.10. The second-order valence-electron chi connectivity index (χ2n) is 7.31. The van der Waals surface area contributed by atoms with Crippen molar-refractivity contribution in [3.8, 4) is 11.5 Å². The first-order chi connectivity index (χ1) is 15.9. The third-order valence-corrected chi connectivity index (χ3v) is 6.31. The molecule has 1 aliphatic rings. The molecule has 9 nitrogen and oxygen atoms in total. The first-order valence-corrected chi connectivity index (χ1v) is 11.5. The van der Waals surface area contributed by atoms with E-state index >= 15 is 0 Å². The second kappa shape index (κ2) is 11.9. The van der Waals surface area contributed by atoms with Crippen LogP contribution in [-0.2, 0) is 20.9 Å². The standard InChI is InChI=1S/C22H26ClN3O6S/c1-30-16-9-15(10-17(11-16)31-2)22(29)24-12-21(28)32-14-20(27)26-7-5-25(6-8-26)13-18-3-4-19(23)33-18/h3-4,9-11H,5-8,12-14H2,1-2H3,(H,24,29). The number of carbonyl (C=O) groups excluding carboxylic acids is 3. The van der Waals surface area contributed by atoms with Gasteiger partial charge in [-0.1, -0.05) is 11.6 Å². The van der Waals surface area contributed by atoms with Crippen LogP contribution in [0.4, 0.5) is 0 Å². The number of thiophene rings is 1. The summed E-state index contributed by atoms with van der Waals surface area (Å²) >= 11 is 7.52. The molecule has 1 aromatic carbocycles. The van der Waals surface area contributed by atoms with Crippen LogP contribution in [0.2, 0.25) is 4.34 Å². The van der Waals surface area contributed by atoms with Gasteiger partial charge in [0.05, 0.1) is 18.6 Å². The van der Waals surface area contributed by atoms with Crippen molar-refractivity contribution in [2.24, 2.45) is 0 Å². The van der Waals surface area contributed by atoms with Gasteiger partial charge in [-0.15, -0.1) is 11.3 Å². The van der Waals surface area contributed by atoms with E-state index in [0.717, 1.165) is 24.0 Å². The summed E-state index contributed by atoms with van der Waals surface area (Å²) in [5.41, 5.74) is 0.276. The fourth-order valence-corrected chi connectivity index (χ4v) is 4.42. The van der Waals surface area contributed by atoms with Gasteiger partial charge in [-0.25, -0.2) is 0 Å². The Balaban J connectivity index is 1.37. The van der Waals surface area contributed by atoms with Gasteiger partial charge in [0.15, 0.2) is 6.61 Å². The van der Waals surface area contributed by atoms with Crippen molar-refractivity contribution in [3.63, 3.8) is 0 Å². The molecule has 1 fully saturated rings. The highest BCUT2D eigenvalue weighted by molar-refractivity contribution is 7.16. The number of carbonyl (C=O) groups is 3. The molecule has 1 aromatic heterocycles. The van der Waals surface area contributed by atoms with Crippen LogP contribution in [0.5, 0.6) is 11.5 Å². The SMILES string of the molecule is COc1cc(OC)cc(C(=O)NCC(=O)OCC(=O)N2CCN(Cc3ccc(Cl)s3)CC2)c1. The van der Waals surface area contributed by atoms with Crippen LogP contribution in [0.25, 0.3) is 0 Å². The van der Waals surface area contributed by atoms with Gasteiger partial charge < -0.3 is 24.4 Å². The summed E-state index contributed by atoms with van der Waals surface area (Å²) in [5.74, 6) is -0.539. The lowest BCUT2D eigenvalue weighted by Gasteiger charge is -2.34. The lowest BCUT2D eigenvalue weighted by atomic mass is 10.2. The van der Waals surface area contributed by atoms with Gasteiger partial charge in [0.25, 0.3) is 11.8 Å². The van der Waals surface area contributed by atoms with E-state index in [1.54, 1.807) is 22.3 Å². The number of methoxy groups -OCH3 is 2. The molecule has 3 rings (SSSR count). The Bertz CT molecular complexity index is 968. The number of hydrogen-bond donors (Lipinski definition) is 1. The molecule has 0 radical (unpaired) electrons. The summed E-state index contributed by atoms with van der Waals surface area (Å²) in [5, 5.41) is 2.47. The molecule has 2 amide bonds. The zero-order valence-corrected chi connectivity index (χ0v) is 20.0. The molecule has 0 aliphatic carbocycles. The smallest absolute Gasteiger partial charge is 0.325 e. The Labute approximate surface area is 201 Å². The van der Waals surface area contributed by atoms with Gasteiger partial charge in [0.2, 0.25) is 0 Å². The number of hydrogen-bond acceptors (Lipinski definition) is 8. The molecule has 178 valence electrons. The Morgan fingerprint density at radius 1 is 1.03 bits per heavy atom. The summed E-state index contributed by atoms with van der Waals surface area (Å²) in [4.78, 5) is 41.8. The van der Waals surface area contributed by atoms with Crippen molar-refractivity contribution in [1.29, 1.82) is 0 Å². The van der Waals surface area contributed by atoms with Crippen LogP contribution in [0, 0.1) is 0 Å². The van der Waals surface area contributed by atoms with E-state index in [4.69, 9.17) is 25.8 Å².